The van der Waals surface area contributed by atoms with Gasteiger partial charge in [0.05, 0.1) is 0 Å². The van der Waals surface area contributed by atoms with Crippen LogP contribution in [0.5, 0.6) is 0 Å². The smallest absolute Gasteiger partial charge is 0.00201 e. The van der Waals surface area contributed by atoms with Gasteiger partial charge in [0.15, 0.2) is 0 Å². The summed E-state index contributed by atoms with van der Waals surface area (Å²) in [5.74, 6) is 0. The van der Waals surface area contributed by atoms with Gasteiger partial charge in [0.1, 0.15) is 0 Å². The van der Waals surface area contributed by atoms with E-state index in [1.54, 1.807) is 0 Å². The predicted octanol–water partition coefficient (Wildman–Crippen LogP) is 8.97. The molecule has 0 amide bonds. The molecule has 6 aromatic carbocycles. The lowest BCUT2D eigenvalue weighted by molar-refractivity contribution is 1.63. The van der Waals surface area contributed by atoms with E-state index in [2.05, 4.69) is 121 Å². The zero-order valence-corrected chi connectivity index (χ0v) is 17.5. The van der Waals surface area contributed by atoms with Crippen molar-refractivity contribution in [1.29, 1.82) is 0 Å². The first kappa shape index (κ1) is 17.5. The molecule has 0 nitrogen and oxygen atoms in total. The van der Waals surface area contributed by atoms with Gasteiger partial charge in [-0.3, -0.25) is 0 Å². The molecule has 1 aliphatic carbocycles. The van der Waals surface area contributed by atoms with Crippen molar-refractivity contribution in [3.8, 4) is 44.5 Å². The maximum Gasteiger partial charge on any atom is -0.00201 e. The van der Waals surface area contributed by atoms with E-state index in [9.17, 15) is 0 Å². The van der Waals surface area contributed by atoms with Crippen LogP contribution in [0.15, 0.2) is 121 Å². The lowest BCUT2D eigenvalue weighted by atomic mass is 9.92. The summed E-state index contributed by atoms with van der Waals surface area (Å²) in [6, 6.07) is 44.2. The second-order valence-corrected chi connectivity index (χ2v) is 8.54. The third-order valence-electron chi connectivity index (χ3n) is 6.84. The minimum absolute atomic E-state index is 1.25. The lowest BCUT2D eigenvalue weighted by Crippen LogP contribution is -1.85. The average molecular weight is 405 g/mol. The Morgan fingerprint density at radius 3 is 1.53 bits per heavy atom. The predicted molar refractivity (Wildman–Crippen MR) is 137 cm³/mol. The van der Waals surface area contributed by atoms with Gasteiger partial charge in [-0.2, -0.15) is 0 Å². The highest BCUT2D eigenvalue weighted by atomic mass is 14.2. The van der Waals surface area contributed by atoms with Crippen molar-refractivity contribution in [1.82, 2.24) is 0 Å². The van der Waals surface area contributed by atoms with Crippen LogP contribution in [0.25, 0.3) is 66.1 Å². The standard InChI is InChI=1S/C32H20/c1-2-9-24-21(7-1)8-5-12-25(24)22-15-17-23(18-16-22)26-19-20-31-28-11-4-3-10-27(28)30-14-6-13-29(26)32(30)31/h1-20H. The Hall–Kier alpha value is -4.16. The monoisotopic (exact) mass is 404 g/mol. The molecule has 6 aromatic rings. The maximum atomic E-state index is 2.30. The molecular formula is C32H20. The Balaban J connectivity index is 1.38. The van der Waals surface area contributed by atoms with Gasteiger partial charge in [-0.15, -0.1) is 0 Å². The Bertz CT molecular complexity index is 1620. The van der Waals surface area contributed by atoms with Gasteiger partial charge < -0.3 is 0 Å². The highest BCUT2D eigenvalue weighted by molar-refractivity contribution is 6.18. The summed E-state index contributed by atoms with van der Waals surface area (Å²) in [6.07, 6.45) is 0. The summed E-state index contributed by atoms with van der Waals surface area (Å²) in [5.41, 5.74) is 10.5. The molecule has 0 heteroatoms. The van der Waals surface area contributed by atoms with E-state index in [0.717, 1.165) is 0 Å². The number of benzene rings is 6. The van der Waals surface area contributed by atoms with Crippen LogP contribution in [-0.4, -0.2) is 0 Å². The fourth-order valence-corrected chi connectivity index (χ4v) is 5.37. The van der Waals surface area contributed by atoms with Crippen LogP contribution < -0.4 is 0 Å². The summed E-state index contributed by atoms with van der Waals surface area (Å²) >= 11 is 0. The topological polar surface area (TPSA) is 0 Å². The molecule has 0 radical (unpaired) electrons. The number of hydrogen-bond acceptors (Lipinski definition) is 0. The molecule has 1 aliphatic rings. The van der Waals surface area contributed by atoms with E-state index < -0.39 is 0 Å². The van der Waals surface area contributed by atoms with Crippen LogP contribution in [0.3, 0.4) is 0 Å². The van der Waals surface area contributed by atoms with E-state index in [0.29, 0.717) is 0 Å². The second kappa shape index (κ2) is 6.67. The van der Waals surface area contributed by atoms with E-state index in [1.165, 1.54) is 66.1 Å². The molecule has 0 aliphatic heterocycles. The van der Waals surface area contributed by atoms with Crippen LogP contribution in [0.2, 0.25) is 0 Å². The Labute approximate surface area is 187 Å². The van der Waals surface area contributed by atoms with Crippen molar-refractivity contribution in [2.75, 3.05) is 0 Å². The van der Waals surface area contributed by atoms with Crippen molar-refractivity contribution in [3.05, 3.63) is 121 Å². The van der Waals surface area contributed by atoms with E-state index in [4.69, 9.17) is 0 Å². The maximum absolute atomic E-state index is 2.30. The quantitative estimate of drug-likeness (QED) is 0.270. The first-order valence-corrected chi connectivity index (χ1v) is 11.1. The highest BCUT2D eigenvalue weighted by Gasteiger charge is 2.22. The van der Waals surface area contributed by atoms with Crippen LogP contribution in [0.1, 0.15) is 0 Å². The minimum atomic E-state index is 1.25. The van der Waals surface area contributed by atoms with Gasteiger partial charge in [0, 0.05) is 0 Å². The fourth-order valence-electron chi connectivity index (χ4n) is 5.37. The molecule has 148 valence electrons. The third-order valence-corrected chi connectivity index (χ3v) is 6.84. The van der Waals surface area contributed by atoms with Gasteiger partial charge in [-0.25, -0.2) is 0 Å². The molecular weight excluding hydrogens is 384 g/mol. The van der Waals surface area contributed by atoms with Gasteiger partial charge in [-0.1, -0.05) is 121 Å². The normalized spacial score (nSPS) is 11.8. The summed E-state index contributed by atoms with van der Waals surface area (Å²) in [5, 5.41) is 5.28. The molecule has 0 saturated heterocycles. The van der Waals surface area contributed by atoms with Crippen molar-refractivity contribution in [3.63, 3.8) is 0 Å². The SMILES string of the molecule is c1ccc2c(c1)-c1cccc3c(-c4ccc(-c5cccc6ccccc56)cc4)ccc-2c13. The fraction of sp³-hybridized carbons (Fsp3) is 0. The molecule has 0 bridgehead atoms. The molecule has 7 rings (SSSR count). The second-order valence-electron chi connectivity index (χ2n) is 8.54. The number of rotatable bonds is 2. The Kier molecular flexibility index (Phi) is 3.65. The third kappa shape index (κ3) is 2.44. The van der Waals surface area contributed by atoms with E-state index in [-0.39, 0.29) is 0 Å². The van der Waals surface area contributed by atoms with Gasteiger partial charge in [0.25, 0.3) is 0 Å². The number of fused-ring (bicyclic) bond motifs is 4. The molecule has 0 spiro atoms. The minimum Gasteiger partial charge on any atom is -0.0616 e. The summed E-state index contributed by atoms with van der Waals surface area (Å²) in [7, 11) is 0. The van der Waals surface area contributed by atoms with Crippen LogP contribution in [0, 0.1) is 0 Å². The Morgan fingerprint density at radius 1 is 0.281 bits per heavy atom. The Morgan fingerprint density at radius 2 is 0.750 bits per heavy atom. The summed E-state index contributed by atoms with van der Waals surface area (Å²) in [6.45, 7) is 0. The first-order valence-electron chi connectivity index (χ1n) is 11.1. The number of hydrogen-bond donors (Lipinski definition) is 0. The molecule has 0 N–H and O–H groups in total. The van der Waals surface area contributed by atoms with E-state index in [1.807, 2.05) is 0 Å². The molecule has 0 unspecified atom stereocenters. The largest absolute Gasteiger partial charge is 0.0616 e. The van der Waals surface area contributed by atoms with Crippen molar-refractivity contribution in [2.24, 2.45) is 0 Å². The zero-order chi connectivity index (χ0) is 21.1. The van der Waals surface area contributed by atoms with Crippen molar-refractivity contribution >= 4 is 21.5 Å². The molecule has 0 heterocycles. The highest BCUT2D eigenvalue weighted by Crippen LogP contribution is 2.49. The zero-order valence-electron chi connectivity index (χ0n) is 17.5. The molecule has 0 saturated carbocycles. The molecule has 0 atom stereocenters. The molecule has 32 heavy (non-hydrogen) atoms. The van der Waals surface area contributed by atoms with Crippen LogP contribution in [0.4, 0.5) is 0 Å². The van der Waals surface area contributed by atoms with Gasteiger partial charge in [-0.05, 0) is 66.1 Å². The average Bonchev–Trinajstić information content (AvgIpc) is 3.20. The van der Waals surface area contributed by atoms with Gasteiger partial charge in [0.2, 0.25) is 0 Å². The first-order chi connectivity index (χ1) is 15.9. The summed E-state index contributed by atoms with van der Waals surface area (Å²) in [4.78, 5) is 0. The van der Waals surface area contributed by atoms with Crippen LogP contribution in [-0.2, 0) is 0 Å². The molecule has 0 aromatic heterocycles. The van der Waals surface area contributed by atoms with Crippen LogP contribution >= 0.6 is 0 Å². The van der Waals surface area contributed by atoms with Gasteiger partial charge >= 0.3 is 0 Å². The van der Waals surface area contributed by atoms with E-state index >= 15 is 0 Å². The van der Waals surface area contributed by atoms with Crippen molar-refractivity contribution < 1.29 is 0 Å². The van der Waals surface area contributed by atoms with Crippen molar-refractivity contribution in [2.45, 2.75) is 0 Å². The molecule has 0 fully saturated rings. The lowest BCUT2D eigenvalue weighted by Gasteiger charge is -2.11. The summed E-state index contributed by atoms with van der Waals surface area (Å²) < 4.78 is 0.